The second kappa shape index (κ2) is 21.4. The van der Waals surface area contributed by atoms with E-state index in [1.807, 2.05) is 54.6 Å². The number of hydrogen-bond donors (Lipinski definition) is 0. The van der Waals surface area contributed by atoms with Crippen molar-refractivity contribution in [2.75, 3.05) is 14.2 Å². The van der Waals surface area contributed by atoms with Crippen LogP contribution in [0.5, 0.6) is 23.0 Å². The van der Waals surface area contributed by atoms with E-state index in [1.54, 1.807) is 14.2 Å². The molecule has 13 rings (SSSR count). The van der Waals surface area contributed by atoms with Crippen LogP contribution in [-0.4, -0.2) is 14.2 Å². The third kappa shape index (κ3) is 8.64. The van der Waals surface area contributed by atoms with E-state index in [0.29, 0.717) is 34.1 Å². The summed E-state index contributed by atoms with van der Waals surface area (Å²) in [6.45, 7) is 11.0. The normalized spacial score (nSPS) is 19.2. The molecule has 3 heterocycles. The minimum Gasteiger partial charge on any atom is -0.497 e. The van der Waals surface area contributed by atoms with E-state index in [9.17, 15) is 0 Å². The summed E-state index contributed by atoms with van der Waals surface area (Å²) in [6, 6.07) is 89.6. The summed E-state index contributed by atoms with van der Waals surface area (Å²) in [5, 5.41) is 0. The van der Waals surface area contributed by atoms with Crippen LogP contribution in [0.3, 0.4) is 0 Å². The van der Waals surface area contributed by atoms with E-state index in [-0.39, 0.29) is 0 Å². The molecule has 0 amide bonds. The van der Waals surface area contributed by atoms with Crippen LogP contribution in [-0.2, 0) is 51.3 Å². The van der Waals surface area contributed by atoms with Gasteiger partial charge in [0.25, 0.3) is 0 Å². The zero-order chi connectivity index (χ0) is 57.0. The van der Waals surface area contributed by atoms with Crippen LogP contribution in [0.25, 0.3) is 11.1 Å². The Balaban J connectivity index is 1.04. The first-order valence-electron chi connectivity index (χ1n) is 28.1. The monoisotopic (exact) mass is 1130 g/mol. The lowest BCUT2D eigenvalue weighted by Gasteiger charge is -2.46. The lowest BCUT2D eigenvalue weighted by atomic mass is 9.62. The molecule has 3 aliphatic rings. The van der Waals surface area contributed by atoms with Crippen molar-refractivity contribution < 1.29 is 36.6 Å². The van der Waals surface area contributed by atoms with Gasteiger partial charge in [0.15, 0.2) is 22.4 Å². The van der Waals surface area contributed by atoms with Gasteiger partial charge >= 0.3 is 17.2 Å². The molecule has 2 bridgehead atoms. The van der Waals surface area contributed by atoms with Crippen LogP contribution in [0.4, 0.5) is 0 Å². The smallest absolute Gasteiger partial charge is 0.400 e. The van der Waals surface area contributed by atoms with Crippen LogP contribution < -0.4 is 18.5 Å². The highest BCUT2D eigenvalue weighted by Gasteiger charge is 2.69. The Kier molecular flexibility index (Phi) is 14.0. The molecule has 414 valence electrons. The third-order valence-corrected chi connectivity index (χ3v) is 19.2. The fourth-order valence-electron chi connectivity index (χ4n) is 12.9. The number of hydrogen-bond acceptors (Lipinski definition) is 8. The number of methoxy groups -OCH3 is 2. The number of fused-ring (bicyclic) bond motifs is 5. The number of rotatable bonds is 12. The SMILES string of the molecule is COc1cc(-c2cc(OP3OC(c4ccccc4)(c4ccccc4)C(c4ccccc4)(c4ccccc4)O3)c(C(C)(C)C)cc2OC)c2c(c1)C(C)(C)c1ccccc1C1(c3ccccc3)OP(O2)OC1(c1ccccc1)c1ccccc1. The predicted molar refractivity (Wildman–Crippen MR) is 330 cm³/mol. The van der Waals surface area contributed by atoms with Gasteiger partial charge in [-0.3, -0.25) is 18.1 Å². The van der Waals surface area contributed by atoms with Crippen molar-refractivity contribution in [3.63, 3.8) is 0 Å². The fourth-order valence-corrected chi connectivity index (χ4v) is 16.1. The van der Waals surface area contributed by atoms with Gasteiger partial charge in [-0.25, -0.2) is 0 Å². The Labute approximate surface area is 489 Å². The molecule has 0 N–H and O–H groups in total. The van der Waals surface area contributed by atoms with E-state index in [0.717, 1.165) is 61.2 Å². The zero-order valence-corrected chi connectivity index (χ0v) is 49.3. The fraction of sp³-hybridized carbons (Fsp3) is 0.178. The second-order valence-electron chi connectivity index (χ2n) is 22.8. The van der Waals surface area contributed by atoms with Gasteiger partial charge in [-0.05, 0) is 79.8 Å². The van der Waals surface area contributed by atoms with Crippen LogP contribution in [0, 0.1) is 0 Å². The molecule has 10 aromatic rings. The molecule has 2 unspecified atom stereocenters. The Bertz CT molecular complexity index is 3710. The Morgan fingerprint density at radius 2 is 0.735 bits per heavy atom. The van der Waals surface area contributed by atoms with Gasteiger partial charge in [0, 0.05) is 27.7 Å². The molecule has 0 aliphatic carbocycles. The van der Waals surface area contributed by atoms with Crippen molar-refractivity contribution in [3.05, 3.63) is 322 Å². The van der Waals surface area contributed by atoms with Gasteiger partial charge in [-0.2, -0.15) is 0 Å². The summed E-state index contributed by atoms with van der Waals surface area (Å²) < 4.78 is 59.1. The summed E-state index contributed by atoms with van der Waals surface area (Å²) >= 11 is 0. The summed E-state index contributed by atoms with van der Waals surface area (Å²) in [6.07, 6.45) is 0. The maximum absolute atomic E-state index is 7.83. The first-order valence-corrected chi connectivity index (χ1v) is 30.2. The van der Waals surface area contributed by atoms with Gasteiger partial charge in [0.05, 0.1) is 14.2 Å². The highest BCUT2D eigenvalue weighted by Crippen LogP contribution is 2.74. The quantitative estimate of drug-likeness (QED) is 0.112. The third-order valence-electron chi connectivity index (χ3n) is 16.8. The van der Waals surface area contributed by atoms with Crippen LogP contribution in [0.1, 0.15) is 95.8 Å². The molecule has 2 saturated heterocycles. The van der Waals surface area contributed by atoms with Crippen molar-refractivity contribution in [2.45, 2.75) is 67.9 Å². The average Bonchev–Trinajstić information content (AvgIpc) is 3.12. The first kappa shape index (κ1) is 54.4. The summed E-state index contributed by atoms with van der Waals surface area (Å²) in [4.78, 5) is 0. The molecule has 0 saturated carbocycles. The molecule has 0 aromatic heterocycles. The lowest BCUT2D eigenvalue weighted by Crippen LogP contribution is -2.50. The summed E-state index contributed by atoms with van der Waals surface area (Å²) in [5.74, 6) is 2.30. The lowest BCUT2D eigenvalue weighted by molar-refractivity contribution is 0.00259. The van der Waals surface area contributed by atoms with E-state index >= 15 is 0 Å². The molecule has 10 heteroatoms. The zero-order valence-electron chi connectivity index (χ0n) is 47.5. The van der Waals surface area contributed by atoms with E-state index in [1.165, 1.54) is 0 Å². The van der Waals surface area contributed by atoms with Crippen LogP contribution in [0.15, 0.2) is 261 Å². The van der Waals surface area contributed by atoms with Gasteiger partial charge in [-0.1, -0.05) is 271 Å². The van der Waals surface area contributed by atoms with E-state index in [2.05, 4.69) is 241 Å². The van der Waals surface area contributed by atoms with E-state index < -0.39 is 50.4 Å². The largest absolute Gasteiger partial charge is 0.497 e. The molecule has 3 aliphatic heterocycles. The maximum atomic E-state index is 7.83. The Hall–Kier alpha value is -7.90. The highest BCUT2D eigenvalue weighted by atomic mass is 31.2. The second-order valence-corrected chi connectivity index (χ2v) is 24.8. The van der Waals surface area contributed by atoms with Crippen LogP contribution >= 0.6 is 17.2 Å². The first-order chi connectivity index (χ1) is 40.4. The molecule has 83 heavy (non-hydrogen) atoms. The standard InChI is InChI=1S/C73H64O8P2/c1-68(2,3)63-50-65(75-7)59(49-66(63)76-82-78-70(51-31-15-8-16-32-51,52-33-17-9-18-34-52)71(79-82,53-35-19-10-20-36-53)54-37-21-11-22-38-54)60-47-58(74-6)48-64-67(60)77-83-80-72(55-39-23-12-24-40-55,56-41-25-13-26-42-56)73(81-83,57-43-27-14-28-44-57)62-46-30-29-45-61(62)69(64,4)5/h8-50H,1-7H3. The summed E-state index contributed by atoms with van der Waals surface area (Å²) in [5.41, 5.74) is 5.11. The topological polar surface area (TPSA) is 73.8 Å². The number of ether oxygens (including phenoxy) is 2. The predicted octanol–water partition coefficient (Wildman–Crippen LogP) is 18.4. The molecule has 0 spiro atoms. The molecule has 0 radical (unpaired) electrons. The van der Waals surface area contributed by atoms with Crippen molar-refractivity contribution in [3.8, 4) is 34.1 Å². The van der Waals surface area contributed by atoms with Crippen molar-refractivity contribution in [2.24, 2.45) is 0 Å². The summed E-state index contributed by atoms with van der Waals surface area (Å²) in [7, 11) is -1.10. The Morgan fingerprint density at radius 3 is 1.13 bits per heavy atom. The minimum atomic E-state index is -2.25. The van der Waals surface area contributed by atoms with Gasteiger partial charge in [0.1, 0.15) is 23.0 Å². The van der Waals surface area contributed by atoms with Gasteiger partial charge in [-0.15, -0.1) is 0 Å². The minimum absolute atomic E-state index is 0.473. The Morgan fingerprint density at radius 1 is 0.361 bits per heavy atom. The number of benzene rings is 10. The molecule has 10 aromatic carbocycles. The molecular formula is C73H64O8P2. The van der Waals surface area contributed by atoms with Crippen LogP contribution in [0.2, 0.25) is 0 Å². The average molecular weight is 1130 g/mol. The van der Waals surface area contributed by atoms with Crippen molar-refractivity contribution >= 4 is 17.2 Å². The van der Waals surface area contributed by atoms with Gasteiger partial charge in [0.2, 0.25) is 0 Å². The van der Waals surface area contributed by atoms with Gasteiger partial charge < -0.3 is 18.5 Å². The van der Waals surface area contributed by atoms with Crippen molar-refractivity contribution in [1.29, 1.82) is 0 Å². The molecule has 2 fully saturated rings. The van der Waals surface area contributed by atoms with Crippen molar-refractivity contribution in [1.82, 2.24) is 0 Å². The molecule has 8 nitrogen and oxygen atoms in total. The molecule has 2 atom stereocenters. The van der Waals surface area contributed by atoms with E-state index in [4.69, 9.17) is 36.6 Å². The molecular weight excluding hydrogens is 1070 g/mol. The highest BCUT2D eigenvalue weighted by molar-refractivity contribution is 7.42. The maximum Gasteiger partial charge on any atom is 0.400 e.